The van der Waals surface area contributed by atoms with Crippen molar-refractivity contribution < 1.29 is 4.79 Å². The minimum absolute atomic E-state index is 0.0604. The summed E-state index contributed by atoms with van der Waals surface area (Å²) >= 11 is 0. The van der Waals surface area contributed by atoms with E-state index in [2.05, 4.69) is 20.6 Å². The van der Waals surface area contributed by atoms with Gasteiger partial charge in [-0.15, -0.1) is 0 Å². The lowest BCUT2D eigenvalue weighted by atomic mass is 10.1. The Morgan fingerprint density at radius 1 is 1.08 bits per heavy atom. The van der Waals surface area contributed by atoms with Gasteiger partial charge in [-0.25, -0.2) is 4.79 Å². The Balaban J connectivity index is 1.80. The normalized spacial score (nSPS) is 14.5. The molecule has 7 nitrogen and oxygen atoms in total. The van der Waals surface area contributed by atoms with Gasteiger partial charge < -0.3 is 10.6 Å². The average Bonchev–Trinajstić information content (AvgIpc) is 3.09. The van der Waals surface area contributed by atoms with Crippen molar-refractivity contribution in [2.24, 2.45) is 5.92 Å². The molecular formula is C17H20N4O3. The van der Waals surface area contributed by atoms with Crippen molar-refractivity contribution >= 4 is 17.4 Å². The van der Waals surface area contributed by atoms with Crippen LogP contribution in [0, 0.1) is 5.92 Å². The first-order chi connectivity index (χ1) is 11.6. The monoisotopic (exact) mass is 328 g/mol. The first kappa shape index (κ1) is 16.0. The van der Waals surface area contributed by atoms with E-state index < -0.39 is 11.2 Å². The van der Waals surface area contributed by atoms with Gasteiger partial charge in [0.2, 0.25) is 5.91 Å². The van der Waals surface area contributed by atoms with E-state index in [0.717, 1.165) is 31.2 Å². The quantitative estimate of drug-likeness (QED) is 0.671. The lowest BCUT2D eigenvalue weighted by Crippen LogP contribution is -2.30. The summed E-state index contributed by atoms with van der Waals surface area (Å²) in [5.74, 6) is -0.0946. The fraction of sp³-hybridized carbons (Fsp3) is 0.353. The van der Waals surface area contributed by atoms with Gasteiger partial charge in [-0.2, -0.15) is 0 Å². The summed E-state index contributed by atoms with van der Waals surface area (Å²) in [6.07, 6.45) is 3.74. The standard InChI is InChI=1S/C17H20N4O3/c22-15(12-8-4-5-9-12)19-14-13(16(23)21-17(24)20-14)18-10-11-6-2-1-3-7-11/h1-3,6-7,12,18H,4-5,8-10H2,(H3,19,20,21,22,23,24). The Morgan fingerprint density at radius 3 is 2.50 bits per heavy atom. The maximum atomic E-state index is 12.3. The van der Waals surface area contributed by atoms with E-state index in [-0.39, 0.29) is 23.3 Å². The molecule has 1 amide bonds. The molecule has 1 aromatic heterocycles. The maximum absolute atomic E-state index is 12.3. The molecule has 1 fully saturated rings. The number of nitrogens with one attached hydrogen (secondary N) is 4. The van der Waals surface area contributed by atoms with Gasteiger partial charge in [0.25, 0.3) is 5.56 Å². The number of carbonyl (C=O) groups excluding carboxylic acids is 1. The van der Waals surface area contributed by atoms with Crippen molar-refractivity contribution in [1.29, 1.82) is 0 Å². The van der Waals surface area contributed by atoms with Crippen LogP contribution in [-0.4, -0.2) is 15.9 Å². The van der Waals surface area contributed by atoms with Crippen LogP contribution >= 0.6 is 0 Å². The van der Waals surface area contributed by atoms with E-state index in [1.54, 1.807) is 0 Å². The highest BCUT2D eigenvalue weighted by Gasteiger charge is 2.24. The number of aromatic amines is 2. The minimum Gasteiger partial charge on any atom is -0.374 e. The summed E-state index contributed by atoms with van der Waals surface area (Å²) in [7, 11) is 0. The number of amides is 1. The molecule has 1 aromatic carbocycles. The first-order valence-electron chi connectivity index (χ1n) is 8.09. The molecule has 4 N–H and O–H groups in total. The largest absolute Gasteiger partial charge is 0.374 e. The summed E-state index contributed by atoms with van der Waals surface area (Å²) in [5.41, 5.74) is -0.0654. The van der Waals surface area contributed by atoms with Gasteiger partial charge in [-0.3, -0.25) is 19.6 Å². The lowest BCUT2D eigenvalue weighted by Gasteiger charge is -2.14. The Hall–Kier alpha value is -2.83. The molecule has 3 rings (SSSR count). The van der Waals surface area contributed by atoms with Crippen LogP contribution in [0.5, 0.6) is 0 Å². The average molecular weight is 328 g/mol. The second-order valence-electron chi connectivity index (χ2n) is 5.97. The van der Waals surface area contributed by atoms with Gasteiger partial charge in [-0.05, 0) is 18.4 Å². The van der Waals surface area contributed by atoms with Crippen molar-refractivity contribution in [1.82, 2.24) is 9.97 Å². The summed E-state index contributed by atoms with van der Waals surface area (Å²) in [4.78, 5) is 40.6. The zero-order chi connectivity index (χ0) is 16.9. The lowest BCUT2D eigenvalue weighted by molar-refractivity contribution is -0.119. The van der Waals surface area contributed by atoms with Crippen molar-refractivity contribution in [3.8, 4) is 0 Å². The van der Waals surface area contributed by atoms with E-state index in [0.29, 0.717) is 6.54 Å². The van der Waals surface area contributed by atoms with E-state index in [1.165, 1.54) is 0 Å². The minimum atomic E-state index is -0.646. The Labute approximate surface area is 138 Å². The highest BCUT2D eigenvalue weighted by atomic mass is 16.2. The number of benzene rings is 1. The molecule has 0 unspecified atom stereocenters. The van der Waals surface area contributed by atoms with Crippen molar-refractivity contribution in [2.75, 3.05) is 10.6 Å². The number of hydrogen-bond donors (Lipinski definition) is 4. The van der Waals surface area contributed by atoms with Crippen molar-refractivity contribution in [3.05, 3.63) is 56.7 Å². The molecule has 7 heteroatoms. The van der Waals surface area contributed by atoms with Gasteiger partial charge >= 0.3 is 5.69 Å². The number of anilines is 2. The molecule has 0 saturated heterocycles. The first-order valence-corrected chi connectivity index (χ1v) is 8.09. The molecule has 1 aliphatic rings. The SMILES string of the molecule is O=C(Nc1[nH]c(=O)[nH]c(=O)c1NCc1ccccc1)C1CCCC1. The van der Waals surface area contributed by atoms with Crippen molar-refractivity contribution in [3.63, 3.8) is 0 Å². The second kappa shape index (κ2) is 7.16. The van der Waals surface area contributed by atoms with E-state index >= 15 is 0 Å². The molecule has 0 bridgehead atoms. The fourth-order valence-corrected chi connectivity index (χ4v) is 2.95. The number of carbonyl (C=O) groups is 1. The summed E-state index contributed by atoms with van der Waals surface area (Å²) < 4.78 is 0. The molecule has 0 spiro atoms. The van der Waals surface area contributed by atoms with Crippen LogP contribution < -0.4 is 21.9 Å². The van der Waals surface area contributed by atoms with Crippen LogP contribution in [0.1, 0.15) is 31.2 Å². The zero-order valence-electron chi connectivity index (χ0n) is 13.2. The molecule has 24 heavy (non-hydrogen) atoms. The maximum Gasteiger partial charge on any atom is 0.327 e. The van der Waals surface area contributed by atoms with Crippen LogP contribution in [0.15, 0.2) is 39.9 Å². The molecule has 1 saturated carbocycles. The third kappa shape index (κ3) is 3.73. The predicted octanol–water partition coefficient (Wildman–Crippen LogP) is 1.80. The summed E-state index contributed by atoms with van der Waals surface area (Å²) in [6, 6.07) is 9.55. The molecule has 0 radical (unpaired) electrons. The molecular weight excluding hydrogens is 308 g/mol. The van der Waals surface area contributed by atoms with Gasteiger partial charge in [0.05, 0.1) is 0 Å². The molecule has 1 aliphatic carbocycles. The molecule has 0 atom stereocenters. The summed E-state index contributed by atoms with van der Waals surface area (Å²) in [6.45, 7) is 0.405. The van der Waals surface area contributed by atoms with Crippen molar-refractivity contribution in [2.45, 2.75) is 32.2 Å². The number of hydrogen-bond acceptors (Lipinski definition) is 4. The van der Waals surface area contributed by atoms with E-state index in [1.807, 2.05) is 30.3 Å². The fourth-order valence-electron chi connectivity index (χ4n) is 2.95. The topological polar surface area (TPSA) is 107 Å². The van der Waals surface area contributed by atoms with Gasteiger partial charge in [-0.1, -0.05) is 43.2 Å². The molecule has 126 valence electrons. The van der Waals surface area contributed by atoms with Gasteiger partial charge in [0.15, 0.2) is 0 Å². The summed E-state index contributed by atoms with van der Waals surface area (Å²) in [5, 5.41) is 5.69. The Kier molecular flexibility index (Phi) is 4.79. The highest BCUT2D eigenvalue weighted by Crippen LogP contribution is 2.26. The van der Waals surface area contributed by atoms with Crippen LogP contribution in [0.25, 0.3) is 0 Å². The second-order valence-corrected chi connectivity index (χ2v) is 5.97. The number of H-pyrrole nitrogens is 2. The van der Waals surface area contributed by atoms with Crippen LogP contribution in [0.4, 0.5) is 11.5 Å². The Morgan fingerprint density at radius 2 is 1.79 bits per heavy atom. The molecule has 0 aliphatic heterocycles. The number of rotatable bonds is 5. The van der Waals surface area contributed by atoms with Gasteiger partial charge in [0, 0.05) is 12.5 Å². The number of aromatic nitrogens is 2. The highest BCUT2D eigenvalue weighted by molar-refractivity contribution is 5.94. The smallest absolute Gasteiger partial charge is 0.327 e. The van der Waals surface area contributed by atoms with E-state index in [4.69, 9.17) is 0 Å². The zero-order valence-corrected chi connectivity index (χ0v) is 13.2. The molecule has 1 heterocycles. The third-order valence-corrected chi connectivity index (χ3v) is 4.23. The predicted molar refractivity (Wildman–Crippen MR) is 92.0 cm³/mol. The van der Waals surface area contributed by atoms with Crippen LogP contribution in [0.3, 0.4) is 0 Å². The van der Waals surface area contributed by atoms with Crippen LogP contribution in [0.2, 0.25) is 0 Å². The van der Waals surface area contributed by atoms with Gasteiger partial charge in [0.1, 0.15) is 11.5 Å². The third-order valence-electron chi connectivity index (χ3n) is 4.23. The van der Waals surface area contributed by atoms with Crippen LogP contribution in [-0.2, 0) is 11.3 Å². The van der Waals surface area contributed by atoms with E-state index in [9.17, 15) is 14.4 Å². The molecule has 2 aromatic rings. The Bertz CT molecular complexity index is 820.